The van der Waals surface area contributed by atoms with E-state index in [1.54, 1.807) is 0 Å². The van der Waals surface area contributed by atoms with Crippen molar-refractivity contribution in [3.05, 3.63) is 0 Å². The van der Waals surface area contributed by atoms with E-state index in [-0.39, 0.29) is 0 Å². The minimum atomic E-state index is -1.22. The van der Waals surface area contributed by atoms with Gasteiger partial charge in [0, 0.05) is 0 Å². The third-order valence-corrected chi connectivity index (χ3v) is 0. The lowest BCUT2D eigenvalue weighted by Crippen LogP contribution is -1.64. The van der Waals surface area contributed by atoms with E-state index in [0.717, 1.165) is 0 Å². The second-order valence-electron chi connectivity index (χ2n) is 0.247. The Balaban J connectivity index is 2.32. The van der Waals surface area contributed by atoms with Crippen LogP contribution in [-0.2, 0) is 0 Å². The van der Waals surface area contributed by atoms with Gasteiger partial charge in [0.05, 0.1) is 0 Å². The molecule has 0 unspecified atom stereocenters. The number of halogens is 3. The molecule has 0 heterocycles. The Hall–Kier alpha value is 1.53. The van der Waals surface area contributed by atoms with Crippen LogP contribution in [0.15, 0.2) is 0 Å². The fraction of sp³-hybridized carbons (Fsp3) is 0. The molecule has 0 aromatic rings. The molecule has 0 atom stereocenters. The molecule has 0 rings (SSSR count). The summed E-state index contributed by atoms with van der Waals surface area (Å²) in [7, 11) is 0. The second kappa shape index (κ2) is 2.75. The quantitative estimate of drug-likeness (QED) is 0.335. The maximum Gasteiger partial charge on any atom is 0.298 e. The smallest absolute Gasteiger partial charge is 0.137 e. The standard InChI is InChI=1S/Cl2HISi/c1-4(2)3/h4H. The van der Waals surface area contributed by atoms with Crippen LogP contribution >= 0.6 is 44.0 Å². The molecule has 0 saturated heterocycles. The summed E-state index contributed by atoms with van der Waals surface area (Å²) < 4.78 is 0. The summed E-state index contributed by atoms with van der Waals surface area (Å²) in [5.41, 5.74) is 0. The fourth-order valence-corrected chi connectivity index (χ4v) is 0. The molecule has 0 spiro atoms. The van der Waals surface area contributed by atoms with Crippen molar-refractivity contribution in [2.45, 2.75) is 0 Å². The SMILES string of the molecule is Cl[SiH](Cl)I. The van der Waals surface area contributed by atoms with E-state index in [1.165, 1.54) is 0 Å². The van der Waals surface area contributed by atoms with Crippen LogP contribution in [0.3, 0.4) is 0 Å². The number of hydrogen-bond acceptors (Lipinski definition) is 0. The van der Waals surface area contributed by atoms with Gasteiger partial charge in [-0.25, -0.2) is 0 Å². The van der Waals surface area contributed by atoms with Gasteiger partial charge in [0.2, 0.25) is 0 Å². The van der Waals surface area contributed by atoms with Crippen molar-refractivity contribution in [1.82, 2.24) is 0 Å². The molecular weight excluding hydrogens is 226 g/mol. The van der Waals surface area contributed by atoms with Gasteiger partial charge < -0.3 is 0 Å². The lowest BCUT2D eigenvalue weighted by Gasteiger charge is -1.65. The lowest BCUT2D eigenvalue weighted by atomic mass is 27.8. The molecule has 0 amide bonds. The lowest BCUT2D eigenvalue weighted by molar-refractivity contribution is 4.33. The van der Waals surface area contributed by atoms with E-state index >= 15 is 0 Å². The summed E-state index contributed by atoms with van der Waals surface area (Å²) >= 11 is 12.3. The topological polar surface area (TPSA) is 0 Å². The van der Waals surface area contributed by atoms with Crippen LogP contribution in [0, 0.1) is 0 Å². The summed E-state index contributed by atoms with van der Waals surface area (Å²) in [5.74, 6) is 0. The van der Waals surface area contributed by atoms with Crippen LogP contribution in [0.2, 0.25) is 0 Å². The van der Waals surface area contributed by atoms with Crippen molar-refractivity contribution in [3.8, 4) is 0 Å². The maximum atomic E-state index is 5.17. The highest BCUT2D eigenvalue weighted by molar-refractivity contribution is 14.1. The van der Waals surface area contributed by atoms with E-state index in [1.807, 2.05) is 21.8 Å². The average molecular weight is 227 g/mol. The molecule has 0 radical (unpaired) electrons. The zero-order valence-electron chi connectivity index (χ0n) is 1.71. The fourth-order valence-electron chi connectivity index (χ4n) is 0. The summed E-state index contributed by atoms with van der Waals surface area (Å²) in [4.78, 5) is -1.22. The first-order valence-electron chi connectivity index (χ1n) is 0.655. The van der Waals surface area contributed by atoms with E-state index in [4.69, 9.17) is 22.2 Å². The number of rotatable bonds is 0. The Morgan fingerprint density at radius 1 is 1.50 bits per heavy atom. The molecular formula is HCl2ISi. The van der Waals surface area contributed by atoms with E-state index < -0.39 is 4.91 Å². The van der Waals surface area contributed by atoms with Gasteiger partial charge in [-0.05, 0) is 0 Å². The van der Waals surface area contributed by atoms with Gasteiger partial charge in [0.25, 0.3) is 4.91 Å². The monoisotopic (exact) mass is 226 g/mol. The van der Waals surface area contributed by atoms with Crippen LogP contribution in [0.5, 0.6) is 0 Å². The highest BCUT2D eigenvalue weighted by Crippen LogP contribution is 2.02. The van der Waals surface area contributed by atoms with Crippen molar-refractivity contribution in [2.75, 3.05) is 0 Å². The van der Waals surface area contributed by atoms with E-state index in [9.17, 15) is 0 Å². The Morgan fingerprint density at radius 3 is 1.50 bits per heavy atom. The van der Waals surface area contributed by atoms with Gasteiger partial charge in [0.1, 0.15) is 0 Å². The predicted molar refractivity (Wildman–Crippen MR) is 32.9 cm³/mol. The van der Waals surface area contributed by atoms with Crippen LogP contribution in [0.25, 0.3) is 0 Å². The Bertz CT molecular complexity index is 10.8. The average Bonchev–Trinajstić information content (AvgIpc) is 0.811. The Kier molecular flexibility index (Phi) is 3.80. The highest BCUT2D eigenvalue weighted by Gasteiger charge is 1.84. The molecule has 0 bridgehead atoms. The normalized spacial score (nSPS) is 9.00. The van der Waals surface area contributed by atoms with Gasteiger partial charge in [-0.2, -0.15) is 0 Å². The largest absolute Gasteiger partial charge is 0.298 e. The molecule has 0 fully saturated rings. The third-order valence-electron chi connectivity index (χ3n) is 0. The van der Waals surface area contributed by atoms with Crippen LogP contribution in [0.4, 0.5) is 0 Å². The first kappa shape index (κ1) is 5.53. The van der Waals surface area contributed by atoms with Crippen LogP contribution < -0.4 is 0 Å². The van der Waals surface area contributed by atoms with E-state index in [2.05, 4.69) is 0 Å². The van der Waals surface area contributed by atoms with Crippen molar-refractivity contribution < 1.29 is 0 Å². The summed E-state index contributed by atoms with van der Waals surface area (Å²) in [6.45, 7) is 0. The summed E-state index contributed by atoms with van der Waals surface area (Å²) in [6, 6.07) is 0. The van der Waals surface area contributed by atoms with Crippen molar-refractivity contribution in [3.63, 3.8) is 0 Å². The first-order valence-corrected chi connectivity index (χ1v) is 8.32. The third kappa shape index (κ3) is 9.66. The minimum Gasteiger partial charge on any atom is -0.137 e. The molecule has 0 aliphatic heterocycles. The Labute approximate surface area is 48.7 Å². The molecule has 0 aliphatic carbocycles. The van der Waals surface area contributed by atoms with Crippen LogP contribution in [-0.4, -0.2) is 4.91 Å². The second-order valence-corrected chi connectivity index (χ2v) is 12.2. The molecule has 0 aromatic heterocycles. The molecule has 0 aromatic carbocycles. The summed E-state index contributed by atoms with van der Waals surface area (Å²) in [6.07, 6.45) is 0. The molecule has 4 heavy (non-hydrogen) atoms. The highest BCUT2D eigenvalue weighted by atomic mass is 127. The van der Waals surface area contributed by atoms with E-state index in [0.29, 0.717) is 0 Å². The molecule has 0 nitrogen and oxygen atoms in total. The minimum absolute atomic E-state index is 1.22. The Morgan fingerprint density at radius 2 is 1.50 bits per heavy atom. The molecule has 4 heteroatoms. The number of hydrogen-bond donors (Lipinski definition) is 0. The van der Waals surface area contributed by atoms with Gasteiger partial charge >= 0.3 is 0 Å². The van der Waals surface area contributed by atoms with Gasteiger partial charge in [-0.15, -0.1) is 22.2 Å². The molecule has 0 N–H and O–H groups in total. The van der Waals surface area contributed by atoms with Crippen molar-refractivity contribution >= 4 is 48.9 Å². The predicted octanol–water partition coefficient (Wildman–Crippen LogP) is 1.62. The summed E-state index contributed by atoms with van der Waals surface area (Å²) in [5, 5.41) is 0. The zero-order valence-corrected chi connectivity index (χ0v) is 6.54. The maximum absolute atomic E-state index is 5.17. The molecule has 0 aliphatic rings. The van der Waals surface area contributed by atoms with Crippen LogP contribution in [0.1, 0.15) is 0 Å². The van der Waals surface area contributed by atoms with Gasteiger partial charge in [-0.1, -0.05) is 21.8 Å². The van der Waals surface area contributed by atoms with Gasteiger partial charge in [0.15, 0.2) is 0 Å². The molecule has 26 valence electrons. The van der Waals surface area contributed by atoms with Gasteiger partial charge in [-0.3, -0.25) is 0 Å². The van der Waals surface area contributed by atoms with Crippen molar-refractivity contribution in [1.29, 1.82) is 0 Å². The van der Waals surface area contributed by atoms with Crippen molar-refractivity contribution in [2.24, 2.45) is 0 Å². The first-order chi connectivity index (χ1) is 1.73. The zero-order chi connectivity index (χ0) is 3.58. The molecule has 0 saturated carbocycles.